The standard InChI is InChI=1S/C16H24BNO2/c1-6-7-14-12-13(9-11-18-14)8-10-17-19-15(2,3)16(4,5)20-17/h8-12H,6-7H2,1-5H3/b10-8+. The molecule has 0 aromatic carbocycles. The van der Waals surface area contributed by atoms with Crippen LogP contribution in [0.25, 0.3) is 6.08 Å². The van der Waals surface area contributed by atoms with E-state index in [9.17, 15) is 0 Å². The van der Waals surface area contributed by atoms with E-state index in [0.29, 0.717) is 0 Å². The number of nitrogens with zero attached hydrogens (tertiary/aromatic N) is 1. The molecule has 0 aliphatic carbocycles. The minimum Gasteiger partial charge on any atom is -0.400 e. The van der Waals surface area contributed by atoms with Crippen molar-refractivity contribution in [3.8, 4) is 0 Å². The van der Waals surface area contributed by atoms with Crippen molar-refractivity contribution in [1.29, 1.82) is 0 Å². The van der Waals surface area contributed by atoms with Gasteiger partial charge in [-0.05, 0) is 51.8 Å². The Balaban J connectivity index is 2.06. The molecule has 0 spiro atoms. The lowest BCUT2D eigenvalue weighted by Gasteiger charge is -2.32. The Kier molecular flexibility index (Phi) is 4.35. The minimum absolute atomic E-state index is 0.284. The van der Waals surface area contributed by atoms with Crippen molar-refractivity contribution in [2.75, 3.05) is 0 Å². The van der Waals surface area contributed by atoms with Crippen molar-refractivity contribution >= 4 is 13.2 Å². The van der Waals surface area contributed by atoms with Gasteiger partial charge in [0.05, 0.1) is 11.2 Å². The lowest BCUT2D eigenvalue weighted by Crippen LogP contribution is -2.41. The second kappa shape index (κ2) is 5.70. The van der Waals surface area contributed by atoms with Crippen LogP contribution in [0.2, 0.25) is 0 Å². The first-order chi connectivity index (χ1) is 9.34. The summed E-state index contributed by atoms with van der Waals surface area (Å²) in [7, 11) is -0.289. The largest absolute Gasteiger partial charge is 0.487 e. The monoisotopic (exact) mass is 273 g/mol. The topological polar surface area (TPSA) is 31.4 Å². The van der Waals surface area contributed by atoms with Gasteiger partial charge in [0.25, 0.3) is 0 Å². The van der Waals surface area contributed by atoms with E-state index in [4.69, 9.17) is 9.31 Å². The van der Waals surface area contributed by atoms with E-state index in [2.05, 4.69) is 45.7 Å². The minimum atomic E-state index is -0.289. The fraction of sp³-hybridized carbons (Fsp3) is 0.562. The van der Waals surface area contributed by atoms with E-state index in [0.717, 1.165) is 24.1 Å². The summed E-state index contributed by atoms with van der Waals surface area (Å²) in [6.07, 6.45) is 6.02. The average Bonchev–Trinajstić information content (AvgIpc) is 2.56. The highest BCUT2D eigenvalue weighted by atomic mass is 16.7. The Bertz CT molecular complexity index is 481. The zero-order valence-electron chi connectivity index (χ0n) is 13.1. The fourth-order valence-electron chi connectivity index (χ4n) is 2.15. The van der Waals surface area contributed by atoms with Crippen LogP contribution in [0.1, 0.15) is 52.3 Å². The lowest BCUT2D eigenvalue weighted by molar-refractivity contribution is 0.00578. The number of hydrogen-bond donors (Lipinski definition) is 0. The number of aromatic nitrogens is 1. The number of hydrogen-bond acceptors (Lipinski definition) is 3. The highest BCUT2D eigenvalue weighted by Crippen LogP contribution is 2.36. The maximum Gasteiger partial charge on any atom is 0.487 e. The summed E-state index contributed by atoms with van der Waals surface area (Å²) in [6, 6.07) is 4.12. The van der Waals surface area contributed by atoms with Crippen molar-refractivity contribution in [3.63, 3.8) is 0 Å². The van der Waals surface area contributed by atoms with Gasteiger partial charge in [-0.1, -0.05) is 25.4 Å². The first-order valence-corrected chi connectivity index (χ1v) is 7.33. The predicted octanol–water partition coefficient (Wildman–Crippen LogP) is 3.68. The highest BCUT2D eigenvalue weighted by molar-refractivity contribution is 6.52. The first kappa shape index (κ1) is 15.3. The van der Waals surface area contributed by atoms with Crippen molar-refractivity contribution in [2.45, 2.75) is 58.7 Å². The summed E-state index contributed by atoms with van der Waals surface area (Å²) in [4.78, 5) is 4.36. The van der Waals surface area contributed by atoms with Gasteiger partial charge in [0, 0.05) is 11.9 Å². The van der Waals surface area contributed by atoms with E-state index in [1.54, 1.807) is 0 Å². The number of rotatable bonds is 4. The Hall–Kier alpha value is -1.13. The van der Waals surface area contributed by atoms with E-state index in [1.807, 2.05) is 24.3 Å². The molecule has 0 unspecified atom stereocenters. The molecule has 108 valence electrons. The molecule has 1 fully saturated rings. The van der Waals surface area contributed by atoms with Crippen LogP contribution in [0.15, 0.2) is 24.3 Å². The van der Waals surface area contributed by atoms with Crippen LogP contribution in [0.3, 0.4) is 0 Å². The van der Waals surface area contributed by atoms with Gasteiger partial charge in [-0.2, -0.15) is 0 Å². The quantitative estimate of drug-likeness (QED) is 0.784. The molecule has 20 heavy (non-hydrogen) atoms. The van der Waals surface area contributed by atoms with Gasteiger partial charge in [-0.3, -0.25) is 4.98 Å². The average molecular weight is 273 g/mol. The third kappa shape index (κ3) is 3.30. The van der Waals surface area contributed by atoms with Gasteiger partial charge < -0.3 is 9.31 Å². The van der Waals surface area contributed by atoms with E-state index in [-0.39, 0.29) is 18.3 Å². The van der Waals surface area contributed by atoms with Crippen LogP contribution in [-0.4, -0.2) is 23.3 Å². The van der Waals surface area contributed by atoms with Crippen LogP contribution in [0, 0.1) is 0 Å². The van der Waals surface area contributed by atoms with E-state index >= 15 is 0 Å². The first-order valence-electron chi connectivity index (χ1n) is 7.33. The number of pyridine rings is 1. The van der Waals surface area contributed by atoms with Gasteiger partial charge in [0.15, 0.2) is 0 Å². The highest BCUT2D eigenvalue weighted by Gasteiger charge is 2.49. The summed E-state index contributed by atoms with van der Waals surface area (Å²) in [5.41, 5.74) is 1.70. The number of aryl methyl sites for hydroxylation is 1. The molecule has 1 aromatic heterocycles. The van der Waals surface area contributed by atoms with Gasteiger partial charge >= 0.3 is 7.12 Å². The molecule has 0 radical (unpaired) electrons. The van der Waals surface area contributed by atoms with Crippen LogP contribution in [-0.2, 0) is 15.7 Å². The molecule has 1 aliphatic heterocycles. The molecule has 0 bridgehead atoms. The molecule has 2 rings (SSSR count). The van der Waals surface area contributed by atoms with Crippen LogP contribution < -0.4 is 0 Å². The van der Waals surface area contributed by atoms with Crippen LogP contribution in [0.4, 0.5) is 0 Å². The maximum atomic E-state index is 5.94. The summed E-state index contributed by atoms with van der Waals surface area (Å²) in [6.45, 7) is 10.4. The van der Waals surface area contributed by atoms with Gasteiger partial charge in [-0.25, -0.2) is 0 Å². The smallest absolute Gasteiger partial charge is 0.400 e. The molecule has 3 nitrogen and oxygen atoms in total. The zero-order valence-corrected chi connectivity index (χ0v) is 13.1. The Morgan fingerprint density at radius 2 is 1.85 bits per heavy atom. The third-order valence-electron chi connectivity index (χ3n) is 4.06. The Morgan fingerprint density at radius 3 is 2.45 bits per heavy atom. The normalized spacial score (nSPS) is 20.8. The molecule has 0 atom stereocenters. The molecule has 1 aliphatic rings. The van der Waals surface area contributed by atoms with Crippen molar-refractivity contribution < 1.29 is 9.31 Å². The third-order valence-corrected chi connectivity index (χ3v) is 4.06. The molecule has 1 saturated heterocycles. The predicted molar refractivity (Wildman–Crippen MR) is 83.3 cm³/mol. The Labute approximate surface area is 122 Å². The second-order valence-electron chi connectivity index (χ2n) is 6.31. The molecule has 1 aromatic rings. The summed E-state index contributed by atoms with van der Waals surface area (Å²) in [5, 5.41) is 0. The fourth-order valence-corrected chi connectivity index (χ4v) is 2.15. The van der Waals surface area contributed by atoms with Gasteiger partial charge in [0.2, 0.25) is 0 Å². The summed E-state index contributed by atoms with van der Waals surface area (Å²) < 4.78 is 11.9. The van der Waals surface area contributed by atoms with Crippen LogP contribution in [0.5, 0.6) is 0 Å². The van der Waals surface area contributed by atoms with Gasteiger partial charge in [-0.15, -0.1) is 0 Å². The molecule has 2 heterocycles. The maximum absolute atomic E-state index is 5.94. The van der Waals surface area contributed by atoms with Crippen molar-refractivity contribution in [2.24, 2.45) is 0 Å². The summed E-state index contributed by atoms with van der Waals surface area (Å²) in [5.74, 6) is 1.97. The van der Waals surface area contributed by atoms with Crippen molar-refractivity contribution in [3.05, 3.63) is 35.6 Å². The van der Waals surface area contributed by atoms with Crippen LogP contribution >= 0.6 is 0 Å². The zero-order chi connectivity index (χ0) is 14.8. The molecular weight excluding hydrogens is 249 g/mol. The van der Waals surface area contributed by atoms with E-state index < -0.39 is 0 Å². The lowest BCUT2D eigenvalue weighted by atomic mass is 9.89. The molecule has 0 N–H and O–H groups in total. The Morgan fingerprint density at radius 1 is 1.20 bits per heavy atom. The molecular formula is C16H24BNO2. The molecule has 0 amide bonds. The SMILES string of the molecule is CCCc1cc(/C=C/B2OC(C)(C)C(C)(C)O2)ccn1. The van der Waals surface area contributed by atoms with E-state index in [1.165, 1.54) is 0 Å². The second-order valence-corrected chi connectivity index (χ2v) is 6.31. The molecule has 0 saturated carbocycles. The van der Waals surface area contributed by atoms with Gasteiger partial charge in [0.1, 0.15) is 0 Å². The molecule has 4 heteroatoms. The van der Waals surface area contributed by atoms with Crippen molar-refractivity contribution in [1.82, 2.24) is 4.98 Å². The summed E-state index contributed by atoms with van der Waals surface area (Å²) >= 11 is 0.